The molecule has 0 aromatic carbocycles. The van der Waals surface area contributed by atoms with E-state index in [0.717, 1.165) is 25.9 Å². The number of amides is 2. The zero-order valence-corrected chi connectivity index (χ0v) is 17.6. The van der Waals surface area contributed by atoms with Crippen LogP contribution in [0, 0.1) is 6.92 Å². The summed E-state index contributed by atoms with van der Waals surface area (Å²) in [6.07, 6.45) is 3.85. The van der Waals surface area contributed by atoms with Gasteiger partial charge >= 0.3 is 0 Å². The van der Waals surface area contributed by atoms with Crippen molar-refractivity contribution >= 4 is 53.1 Å². The Hall–Kier alpha value is -1.61. The van der Waals surface area contributed by atoms with Gasteiger partial charge in [0.25, 0.3) is 5.91 Å². The van der Waals surface area contributed by atoms with Crippen molar-refractivity contribution in [3.05, 3.63) is 34.7 Å². The second kappa shape index (κ2) is 10.7. The third-order valence-electron chi connectivity index (χ3n) is 4.39. The first-order valence-electron chi connectivity index (χ1n) is 8.31. The summed E-state index contributed by atoms with van der Waals surface area (Å²) in [4.78, 5) is 30.9. The van der Waals surface area contributed by atoms with Gasteiger partial charge in [0.15, 0.2) is 5.13 Å². The van der Waals surface area contributed by atoms with Crippen molar-refractivity contribution < 1.29 is 14.0 Å². The Morgan fingerprint density at radius 1 is 1.41 bits per heavy atom. The van der Waals surface area contributed by atoms with E-state index in [1.54, 1.807) is 13.0 Å². The van der Waals surface area contributed by atoms with Crippen LogP contribution < -0.4 is 10.6 Å². The first-order valence-corrected chi connectivity index (χ1v) is 9.19. The summed E-state index contributed by atoms with van der Waals surface area (Å²) in [6.45, 7) is 3.27. The lowest BCUT2D eigenvalue weighted by atomic mass is 10.1. The van der Waals surface area contributed by atoms with Crippen LogP contribution in [0.25, 0.3) is 0 Å². The Bertz CT molecular complexity index is 765. The van der Waals surface area contributed by atoms with Crippen LogP contribution >= 0.6 is 36.2 Å². The van der Waals surface area contributed by atoms with Crippen molar-refractivity contribution in [2.24, 2.45) is 0 Å². The molecule has 2 aromatic heterocycles. The maximum absolute atomic E-state index is 12.5. The Balaban J connectivity index is 0.00000182. The Kier molecular flexibility index (Phi) is 9.25. The fourth-order valence-corrected chi connectivity index (χ4v) is 3.64. The molecule has 1 aliphatic heterocycles. The molecule has 1 aliphatic rings. The number of carbonyl (C=O) groups is 2. The van der Waals surface area contributed by atoms with Crippen molar-refractivity contribution in [3.8, 4) is 0 Å². The number of piperidine rings is 1. The number of likely N-dealkylation sites (N-methyl/N-ethyl adjacent to an activating group) is 1. The molecule has 0 aliphatic carbocycles. The van der Waals surface area contributed by atoms with Crippen LogP contribution in [0.3, 0.4) is 0 Å². The highest BCUT2D eigenvalue weighted by molar-refractivity contribution is 7.14. The zero-order valence-electron chi connectivity index (χ0n) is 15.2. The Labute approximate surface area is 174 Å². The highest BCUT2D eigenvalue weighted by Crippen LogP contribution is 2.19. The normalized spacial score (nSPS) is 16.2. The topological polar surface area (TPSA) is 87.5 Å². The Morgan fingerprint density at radius 2 is 2.19 bits per heavy atom. The second-order valence-electron chi connectivity index (χ2n) is 6.13. The van der Waals surface area contributed by atoms with Crippen molar-refractivity contribution in [1.29, 1.82) is 0 Å². The summed E-state index contributed by atoms with van der Waals surface area (Å²) in [5.41, 5.74) is 1.17. The number of aryl methyl sites for hydroxylation is 1. The molecule has 3 rings (SSSR count). The molecule has 1 atom stereocenters. The molecule has 1 fully saturated rings. The van der Waals surface area contributed by atoms with Gasteiger partial charge in [-0.25, -0.2) is 4.98 Å². The third-order valence-corrected chi connectivity index (χ3v) is 5.20. The van der Waals surface area contributed by atoms with Crippen molar-refractivity contribution in [2.45, 2.75) is 32.2 Å². The van der Waals surface area contributed by atoms with E-state index in [2.05, 4.69) is 15.6 Å². The van der Waals surface area contributed by atoms with Crippen molar-refractivity contribution in [2.75, 3.05) is 25.5 Å². The van der Waals surface area contributed by atoms with E-state index >= 15 is 0 Å². The highest BCUT2D eigenvalue weighted by Gasteiger charge is 2.23. The quantitative estimate of drug-likeness (QED) is 0.754. The molecule has 10 heteroatoms. The second-order valence-corrected chi connectivity index (χ2v) is 6.99. The lowest BCUT2D eigenvalue weighted by molar-refractivity contribution is -0.131. The van der Waals surface area contributed by atoms with Crippen LogP contribution in [-0.2, 0) is 11.2 Å². The first kappa shape index (κ1) is 23.4. The van der Waals surface area contributed by atoms with Crippen LogP contribution in [0.1, 0.15) is 34.7 Å². The molecule has 150 valence electrons. The summed E-state index contributed by atoms with van der Waals surface area (Å²) in [6, 6.07) is 1.98. The summed E-state index contributed by atoms with van der Waals surface area (Å²) < 4.78 is 5.13. The smallest absolute Gasteiger partial charge is 0.260 e. The minimum atomic E-state index is -0.258. The molecule has 0 bridgehead atoms. The van der Waals surface area contributed by atoms with Gasteiger partial charge in [0.2, 0.25) is 5.91 Å². The molecule has 0 spiro atoms. The number of halogens is 2. The molecule has 2 aromatic rings. The maximum Gasteiger partial charge on any atom is 0.260 e. The molecule has 1 saturated heterocycles. The number of hydrogen-bond acceptors (Lipinski definition) is 6. The molecule has 27 heavy (non-hydrogen) atoms. The minimum Gasteiger partial charge on any atom is -0.469 e. The minimum absolute atomic E-state index is 0. The third kappa shape index (κ3) is 5.93. The zero-order chi connectivity index (χ0) is 17.8. The van der Waals surface area contributed by atoms with Crippen LogP contribution in [-0.4, -0.2) is 47.9 Å². The van der Waals surface area contributed by atoms with E-state index < -0.39 is 0 Å². The molecule has 1 unspecified atom stereocenters. The number of hydrogen-bond donors (Lipinski definition) is 2. The predicted molar refractivity (Wildman–Crippen MR) is 110 cm³/mol. The van der Waals surface area contributed by atoms with Crippen LogP contribution in [0.2, 0.25) is 0 Å². The van der Waals surface area contributed by atoms with Gasteiger partial charge in [-0.3, -0.25) is 14.9 Å². The van der Waals surface area contributed by atoms with E-state index in [-0.39, 0.29) is 43.0 Å². The average Bonchev–Trinajstić information content (AvgIpc) is 3.23. The number of likely N-dealkylation sites (tertiary alicyclic amines) is 1. The molecule has 2 N–H and O–H groups in total. The van der Waals surface area contributed by atoms with Gasteiger partial charge in [0.1, 0.15) is 5.76 Å². The Morgan fingerprint density at radius 3 is 2.85 bits per heavy atom. The lowest BCUT2D eigenvalue weighted by Crippen LogP contribution is -2.47. The van der Waals surface area contributed by atoms with E-state index in [0.29, 0.717) is 28.2 Å². The number of thiazole rings is 1. The van der Waals surface area contributed by atoms with Crippen molar-refractivity contribution in [3.63, 3.8) is 0 Å². The van der Waals surface area contributed by atoms with Gasteiger partial charge in [0, 0.05) is 24.5 Å². The van der Waals surface area contributed by atoms with Gasteiger partial charge in [0.05, 0.1) is 23.9 Å². The molecular formula is C17H24Cl2N4O3S. The molecule has 0 radical (unpaired) electrons. The summed E-state index contributed by atoms with van der Waals surface area (Å²) in [5.74, 6) is 0.383. The van der Waals surface area contributed by atoms with E-state index in [1.807, 2.05) is 17.3 Å². The number of aromatic nitrogens is 1. The lowest BCUT2D eigenvalue weighted by Gasteiger charge is -2.32. The SMILES string of the molecule is CNC1CCCN(C(=O)Cc2csc(NC(=O)c3ccoc3C)n2)C1.Cl.Cl. The van der Waals surface area contributed by atoms with E-state index in [1.165, 1.54) is 17.6 Å². The van der Waals surface area contributed by atoms with Gasteiger partial charge < -0.3 is 14.6 Å². The predicted octanol–water partition coefficient (Wildman–Crippen LogP) is 2.89. The number of nitrogens with zero attached hydrogens (tertiary/aromatic N) is 2. The largest absolute Gasteiger partial charge is 0.469 e. The van der Waals surface area contributed by atoms with Crippen molar-refractivity contribution in [1.82, 2.24) is 15.2 Å². The number of carbonyl (C=O) groups excluding carboxylic acids is 2. The van der Waals surface area contributed by atoms with Crippen LogP contribution in [0.15, 0.2) is 22.1 Å². The standard InChI is InChI=1S/C17H22N4O3S.2ClH/c1-11-14(5-7-24-11)16(23)20-17-19-13(10-25-17)8-15(22)21-6-3-4-12(9-21)18-2;;/h5,7,10,12,18H,3-4,6,8-9H2,1-2H3,(H,19,20,23);2*1H. The summed E-state index contributed by atoms with van der Waals surface area (Å²) in [7, 11) is 1.93. The van der Waals surface area contributed by atoms with Crippen LogP contribution in [0.5, 0.6) is 0 Å². The number of rotatable bonds is 5. The summed E-state index contributed by atoms with van der Waals surface area (Å²) in [5, 5.41) is 8.28. The molecular weight excluding hydrogens is 411 g/mol. The van der Waals surface area contributed by atoms with Crippen LogP contribution in [0.4, 0.5) is 5.13 Å². The number of anilines is 1. The van der Waals surface area contributed by atoms with Gasteiger partial charge in [-0.1, -0.05) is 0 Å². The number of furan rings is 1. The number of nitrogens with one attached hydrogen (secondary N) is 2. The van der Waals surface area contributed by atoms with Gasteiger partial charge in [-0.15, -0.1) is 36.2 Å². The van der Waals surface area contributed by atoms with E-state index in [4.69, 9.17) is 4.42 Å². The van der Waals surface area contributed by atoms with Gasteiger partial charge in [-0.2, -0.15) is 0 Å². The average molecular weight is 435 g/mol. The molecule has 7 nitrogen and oxygen atoms in total. The maximum atomic E-state index is 12.5. The molecule has 2 amide bonds. The van der Waals surface area contributed by atoms with Gasteiger partial charge in [-0.05, 0) is 32.9 Å². The highest BCUT2D eigenvalue weighted by atomic mass is 35.5. The fourth-order valence-electron chi connectivity index (χ4n) is 2.94. The molecule has 0 saturated carbocycles. The fraction of sp³-hybridized carbons (Fsp3) is 0.471. The van der Waals surface area contributed by atoms with E-state index in [9.17, 15) is 9.59 Å². The molecule has 3 heterocycles. The monoisotopic (exact) mass is 434 g/mol. The summed E-state index contributed by atoms with van der Waals surface area (Å²) >= 11 is 1.32. The first-order chi connectivity index (χ1) is 12.1.